The summed E-state index contributed by atoms with van der Waals surface area (Å²) in [6, 6.07) is 8.58. The van der Waals surface area contributed by atoms with Crippen LogP contribution >= 0.6 is 11.8 Å². The Bertz CT molecular complexity index is 517. The lowest BCUT2D eigenvalue weighted by Crippen LogP contribution is -2.40. The molecule has 1 N–H and O–H groups in total. The van der Waals surface area contributed by atoms with E-state index < -0.39 is 0 Å². The van der Waals surface area contributed by atoms with E-state index in [-0.39, 0.29) is 0 Å². The minimum absolute atomic E-state index is 0.607. The quantitative estimate of drug-likeness (QED) is 0.841. The molecule has 4 heteroatoms. The first-order valence-electron chi connectivity index (χ1n) is 5.76. The van der Waals surface area contributed by atoms with Crippen molar-refractivity contribution in [3.63, 3.8) is 0 Å². The van der Waals surface area contributed by atoms with E-state index in [0.717, 1.165) is 13.1 Å². The highest BCUT2D eigenvalue weighted by atomic mass is 32.2. The van der Waals surface area contributed by atoms with Crippen molar-refractivity contribution in [2.45, 2.75) is 10.8 Å². The lowest BCUT2D eigenvalue weighted by atomic mass is 10.00. The summed E-state index contributed by atoms with van der Waals surface area (Å²) in [5.41, 5.74) is 2.51. The van der Waals surface area contributed by atoms with Gasteiger partial charge in [-0.05, 0) is 24.5 Å². The second-order valence-electron chi connectivity index (χ2n) is 4.25. The molecule has 3 nitrogen and oxygen atoms in total. The minimum atomic E-state index is 0.607. The van der Waals surface area contributed by atoms with E-state index >= 15 is 0 Å². The highest BCUT2D eigenvalue weighted by molar-refractivity contribution is 7.98. The first kappa shape index (κ1) is 10.9. The number of rotatable bonds is 3. The van der Waals surface area contributed by atoms with Crippen molar-refractivity contribution in [2.24, 2.45) is 0 Å². The fraction of sp³-hybridized carbons (Fsp3) is 0.308. The summed E-state index contributed by atoms with van der Waals surface area (Å²) in [7, 11) is 0. The number of imidazole rings is 1. The van der Waals surface area contributed by atoms with Gasteiger partial charge in [0.15, 0.2) is 0 Å². The molecule has 0 saturated carbocycles. The Morgan fingerprint density at radius 1 is 1.41 bits per heavy atom. The molecule has 1 fully saturated rings. The maximum atomic E-state index is 4.29. The van der Waals surface area contributed by atoms with Gasteiger partial charge in [-0.15, -0.1) is 11.8 Å². The summed E-state index contributed by atoms with van der Waals surface area (Å²) in [5, 5.41) is 3.31. The maximum absolute atomic E-state index is 4.29. The zero-order valence-corrected chi connectivity index (χ0v) is 10.6. The Morgan fingerprint density at radius 3 is 3.00 bits per heavy atom. The Morgan fingerprint density at radius 2 is 2.29 bits per heavy atom. The third-order valence-corrected chi connectivity index (χ3v) is 3.92. The van der Waals surface area contributed by atoms with E-state index in [1.807, 2.05) is 12.5 Å². The SMILES string of the molecule is CSc1cccc(-n2cncc2C2CNC2)c1. The molecule has 1 aromatic heterocycles. The van der Waals surface area contributed by atoms with Crippen molar-refractivity contribution in [1.82, 2.24) is 14.9 Å². The van der Waals surface area contributed by atoms with Gasteiger partial charge in [-0.2, -0.15) is 0 Å². The second kappa shape index (κ2) is 4.55. The summed E-state index contributed by atoms with van der Waals surface area (Å²) in [6.45, 7) is 2.13. The van der Waals surface area contributed by atoms with Gasteiger partial charge in [0.1, 0.15) is 0 Å². The van der Waals surface area contributed by atoms with Crippen LogP contribution in [0.5, 0.6) is 0 Å². The van der Waals surface area contributed by atoms with Crippen LogP contribution in [0, 0.1) is 0 Å². The molecule has 2 heterocycles. The van der Waals surface area contributed by atoms with Gasteiger partial charge in [0.25, 0.3) is 0 Å². The molecule has 1 saturated heterocycles. The first-order chi connectivity index (χ1) is 8.38. The number of aromatic nitrogens is 2. The molecule has 0 spiro atoms. The van der Waals surface area contributed by atoms with Crippen LogP contribution < -0.4 is 5.32 Å². The minimum Gasteiger partial charge on any atom is -0.315 e. The van der Waals surface area contributed by atoms with E-state index in [1.54, 1.807) is 11.8 Å². The van der Waals surface area contributed by atoms with Gasteiger partial charge in [-0.3, -0.25) is 0 Å². The molecule has 1 aliphatic rings. The lowest BCUT2D eigenvalue weighted by Gasteiger charge is -2.27. The number of hydrogen-bond donors (Lipinski definition) is 1. The van der Waals surface area contributed by atoms with Crippen LogP contribution in [-0.4, -0.2) is 28.9 Å². The van der Waals surface area contributed by atoms with E-state index in [9.17, 15) is 0 Å². The van der Waals surface area contributed by atoms with E-state index in [2.05, 4.69) is 45.4 Å². The standard InChI is InChI=1S/C13H15N3S/c1-17-12-4-2-3-11(5-12)16-9-15-8-13(16)10-6-14-7-10/h2-5,8-10,14H,6-7H2,1H3. The molecule has 17 heavy (non-hydrogen) atoms. The molecule has 0 radical (unpaired) electrons. The average molecular weight is 245 g/mol. The summed E-state index contributed by atoms with van der Waals surface area (Å²) in [5.74, 6) is 0.607. The molecule has 0 bridgehead atoms. The van der Waals surface area contributed by atoms with Crippen molar-refractivity contribution in [3.8, 4) is 5.69 Å². The van der Waals surface area contributed by atoms with Gasteiger partial charge in [0.2, 0.25) is 0 Å². The Hall–Kier alpha value is -1.26. The summed E-state index contributed by atoms with van der Waals surface area (Å²) in [4.78, 5) is 5.57. The summed E-state index contributed by atoms with van der Waals surface area (Å²) >= 11 is 1.77. The molecule has 3 rings (SSSR count). The molecular weight excluding hydrogens is 230 g/mol. The second-order valence-corrected chi connectivity index (χ2v) is 5.12. The Kier molecular flexibility index (Phi) is 2.91. The molecule has 88 valence electrons. The van der Waals surface area contributed by atoms with Crippen molar-refractivity contribution < 1.29 is 0 Å². The van der Waals surface area contributed by atoms with Crippen LogP contribution in [0.4, 0.5) is 0 Å². The number of benzene rings is 1. The third kappa shape index (κ3) is 1.98. The number of nitrogens with zero attached hydrogens (tertiary/aromatic N) is 2. The van der Waals surface area contributed by atoms with Gasteiger partial charge in [0.05, 0.1) is 6.33 Å². The number of nitrogens with one attached hydrogen (secondary N) is 1. The normalized spacial score (nSPS) is 15.8. The van der Waals surface area contributed by atoms with E-state index in [1.165, 1.54) is 16.3 Å². The zero-order valence-electron chi connectivity index (χ0n) is 9.76. The van der Waals surface area contributed by atoms with Gasteiger partial charge >= 0.3 is 0 Å². The van der Waals surface area contributed by atoms with Crippen LogP contribution in [0.15, 0.2) is 41.7 Å². The Balaban J connectivity index is 1.99. The van der Waals surface area contributed by atoms with Crippen LogP contribution in [0.1, 0.15) is 11.6 Å². The Labute approximate surface area is 105 Å². The molecule has 2 aromatic rings. The fourth-order valence-corrected chi connectivity index (χ4v) is 2.53. The summed E-state index contributed by atoms with van der Waals surface area (Å²) in [6.07, 6.45) is 5.99. The predicted octanol–water partition coefficient (Wildman–Crippen LogP) is 2.28. The molecule has 0 aliphatic carbocycles. The van der Waals surface area contributed by atoms with Gasteiger partial charge < -0.3 is 9.88 Å². The molecular formula is C13H15N3S. The highest BCUT2D eigenvalue weighted by Gasteiger charge is 2.22. The number of thioether (sulfide) groups is 1. The van der Waals surface area contributed by atoms with Gasteiger partial charge in [-0.25, -0.2) is 4.98 Å². The monoisotopic (exact) mass is 245 g/mol. The van der Waals surface area contributed by atoms with Crippen LogP contribution in [0.2, 0.25) is 0 Å². The van der Waals surface area contributed by atoms with Crippen molar-refractivity contribution in [2.75, 3.05) is 19.3 Å². The van der Waals surface area contributed by atoms with Crippen LogP contribution in [0.25, 0.3) is 5.69 Å². The topological polar surface area (TPSA) is 29.9 Å². The fourth-order valence-electron chi connectivity index (χ4n) is 2.08. The number of hydrogen-bond acceptors (Lipinski definition) is 3. The molecule has 1 aliphatic heterocycles. The van der Waals surface area contributed by atoms with Crippen molar-refractivity contribution >= 4 is 11.8 Å². The highest BCUT2D eigenvalue weighted by Crippen LogP contribution is 2.24. The zero-order chi connectivity index (χ0) is 11.7. The first-order valence-corrected chi connectivity index (χ1v) is 6.98. The van der Waals surface area contributed by atoms with E-state index in [0.29, 0.717) is 5.92 Å². The maximum Gasteiger partial charge on any atom is 0.0994 e. The molecule has 0 amide bonds. The van der Waals surface area contributed by atoms with Crippen LogP contribution in [-0.2, 0) is 0 Å². The third-order valence-electron chi connectivity index (χ3n) is 3.20. The van der Waals surface area contributed by atoms with E-state index in [4.69, 9.17) is 0 Å². The average Bonchev–Trinajstić information content (AvgIpc) is 2.76. The van der Waals surface area contributed by atoms with Crippen molar-refractivity contribution in [3.05, 3.63) is 42.5 Å². The molecule has 0 unspecified atom stereocenters. The van der Waals surface area contributed by atoms with Gasteiger partial charge in [-0.1, -0.05) is 6.07 Å². The lowest BCUT2D eigenvalue weighted by molar-refractivity contribution is 0.435. The van der Waals surface area contributed by atoms with Crippen molar-refractivity contribution in [1.29, 1.82) is 0 Å². The van der Waals surface area contributed by atoms with Gasteiger partial charge in [0, 0.05) is 41.5 Å². The largest absolute Gasteiger partial charge is 0.315 e. The molecule has 1 aromatic carbocycles. The predicted molar refractivity (Wildman–Crippen MR) is 71.0 cm³/mol. The smallest absolute Gasteiger partial charge is 0.0994 e. The molecule has 0 atom stereocenters. The summed E-state index contributed by atoms with van der Waals surface area (Å²) < 4.78 is 2.20. The van der Waals surface area contributed by atoms with Crippen LogP contribution in [0.3, 0.4) is 0 Å².